The van der Waals surface area contributed by atoms with Crippen molar-refractivity contribution < 1.29 is 19.4 Å². The summed E-state index contributed by atoms with van der Waals surface area (Å²) in [5, 5.41) is 11.6. The van der Waals surface area contributed by atoms with Crippen molar-refractivity contribution in [2.45, 2.75) is 32.2 Å². The number of amides is 1. The van der Waals surface area contributed by atoms with Crippen molar-refractivity contribution in [1.29, 1.82) is 0 Å². The molecule has 1 aromatic carbocycles. The minimum atomic E-state index is -0.130. The third-order valence-corrected chi connectivity index (χ3v) is 2.90. The third-order valence-electron chi connectivity index (χ3n) is 2.90. The summed E-state index contributed by atoms with van der Waals surface area (Å²) < 4.78 is 10.5. The Hall–Kier alpha value is -1.79. The first kappa shape index (κ1) is 17.3. The number of nitrogens with one attached hydrogen (secondary N) is 1. The lowest BCUT2D eigenvalue weighted by atomic mass is 10.1. The number of ether oxygens (including phenoxy) is 2. The van der Waals surface area contributed by atoms with Crippen molar-refractivity contribution >= 4 is 11.6 Å². The van der Waals surface area contributed by atoms with E-state index in [9.17, 15) is 4.79 Å². The van der Waals surface area contributed by atoms with Gasteiger partial charge in [0, 0.05) is 24.2 Å². The molecule has 0 aliphatic rings. The fourth-order valence-corrected chi connectivity index (χ4v) is 1.95. The number of carbonyl (C=O) groups is 1. The Morgan fingerprint density at radius 3 is 2.81 bits per heavy atom. The summed E-state index contributed by atoms with van der Waals surface area (Å²) in [6, 6.07) is 4.97. The van der Waals surface area contributed by atoms with Crippen LogP contribution in [0.1, 0.15) is 26.2 Å². The van der Waals surface area contributed by atoms with Gasteiger partial charge in [0.05, 0.1) is 13.7 Å². The standard InChI is InChI=1S/C15H24N2O4/c1-3-4-11(16)9-15(19)17-12-5-6-13(20-2)14(10-12)21-8-7-18/h5-6,10-11,18H,3-4,7-9,16H2,1-2H3,(H,17,19). The van der Waals surface area contributed by atoms with E-state index in [0.717, 1.165) is 12.8 Å². The molecule has 0 aliphatic carbocycles. The molecule has 0 spiro atoms. The maximum Gasteiger partial charge on any atom is 0.225 e. The van der Waals surface area contributed by atoms with E-state index in [-0.39, 0.29) is 31.6 Å². The molecular formula is C15H24N2O4. The van der Waals surface area contributed by atoms with Gasteiger partial charge in [0.1, 0.15) is 6.61 Å². The van der Waals surface area contributed by atoms with Gasteiger partial charge in [-0.3, -0.25) is 4.79 Å². The fraction of sp³-hybridized carbons (Fsp3) is 0.533. The molecule has 6 nitrogen and oxygen atoms in total. The zero-order chi connectivity index (χ0) is 15.7. The lowest BCUT2D eigenvalue weighted by Gasteiger charge is -2.13. The number of anilines is 1. The van der Waals surface area contributed by atoms with Crippen LogP contribution >= 0.6 is 0 Å². The van der Waals surface area contributed by atoms with Crippen LogP contribution in [0.2, 0.25) is 0 Å². The number of hydrogen-bond acceptors (Lipinski definition) is 5. The maximum absolute atomic E-state index is 11.9. The highest BCUT2D eigenvalue weighted by molar-refractivity contribution is 5.91. The van der Waals surface area contributed by atoms with Gasteiger partial charge in [0.25, 0.3) is 0 Å². The van der Waals surface area contributed by atoms with Crippen molar-refractivity contribution in [2.24, 2.45) is 5.73 Å². The van der Waals surface area contributed by atoms with Crippen LogP contribution in [0.25, 0.3) is 0 Å². The lowest BCUT2D eigenvalue weighted by Crippen LogP contribution is -2.26. The van der Waals surface area contributed by atoms with Gasteiger partial charge in [-0.1, -0.05) is 13.3 Å². The first-order valence-corrected chi connectivity index (χ1v) is 7.07. The number of benzene rings is 1. The summed E-state index contributed by atoms with van der Waals surface area (Å²) in [6.45, 7) is 2.10. The molecule has 0 aliphatic heterocycles. The van der Waals surface area contributed by atoms with Gasteiger partial charge in [0.15, 0.2) is 11.5 Å². The highest BCUT2D eigenvalue weighted by atomic mass is 16.5. The van der Waals surface area contributed by atoms with Crippen LogP contribution in [0.5, 0.6) is 11.5 Å². The molecule has 1 rings (SSSR count). The largest absolute Gasteiger partial charge is 0.493 e. The van der Waals surface area contributed by atoms with Crippen molar-refractivity contribution in [1.82, 2.24) is 0 Å². The predicted octanol–water partition coefficient (Wildman–Crippen LogP) is 1.52. The Balaban J connectivity index is 2.68. The average molecular weight is 296 g/mol. The monoisotopic (exact) mass is 296 g/mol. The SMILES string of the molecule is CCCC(N)CC(=O)Nc1ccc(OC)c(OCCO)c1. The van der Waals surface area contributed by atoms with Crippen molar-refractivity contribution in [3.63, 3.8) is 0 Å². The molecular weight excluding hydrogens is 272 g/mol. The number of aliphatic hydroxyl groups is 1. The van der Waals surface area contributed by atoms with Gasteiger partial charge in [-0.05, 0) is 18.6 Å². The van der Waals surface area contributed by atoms with Crippen LogP contribution in [0, 0.1) is 0 Å². The number of methoxy groups -OCH3 is 1. The van der Waals surface area contributed by atoms with E-state index < -0.39 is 0 Å². The molecule has 1 unspecified atom stereocenters. The molecule has 4 N–H and O–H groups in total. The first-order chi connectivity index (χ1) is 10.1. The molecule has 0 bridgehead atoms. The van der Waals surface area contributed by atoms with Crippen LogP contribution in [0.3, 0.4) is 0 Å². The van der Waals surface area contributed by atoms with E-state index in [2.05, 4.69) is 5.32 Å². The molecule has 21 heavy (non-hydrogen) atoms. The second kappa shape index (κ2) is 9.20. The number of aliphatic hydroxyl groups excluding tert-OH is 1. The van der Waals surface area contributed by atoms with Crippen molar-refractivity contribution in [3.05, 3.63) is 18.2 Å². The molecule has 0 radical (unpaired) electrons. The minimum Gasteiger partial charge on any atom is -0.493 e. The summed E-state index contributed by atoms with van der Waals surface area (Å²) in [4.78, 5) is 11.9. The number of nitrogens with two attached hydrogens (primary N) is 1. The molecule has 1 amide bonds. The Bertz CT molecular complexity index is 451. The Morgan fingerprint density at radius 1 is 1.43 bits per heavy atom. The van der Waals surface area contributed by atoms with Crippen LogP contribution in [-0.4, -0.2) is 37.4 Å². The second-order valence-electron chi connectivity index (χ2n) is 4.74. The van der Waals surface area contributed by atoms with E-state index in [1.165, 1.54) is 7.11 Å². The van der Waals surface area contributed by atoms with E-state index in [4.69, 9.17) is 20.3 Å². The van der Waals surface area contributed by atoms with E-state index in [1.807, 2.05) is 6.92 Å². The zero-order valence-corrected chi connectivity index (χ0v) is 12.6. The van der Waals surface area contributed by atoms with Gasteiger partial charge >= 0.3 is 0 Å². The highest BCUT2D eigenvalue weighted by Gasteiger charge is 2.11. The van der Waals surface area contributed by atoms with Gasteiger partial charge in [-0.25, -0.2) is 0 Å². The number of hydrogen-bond donors (Lipinski definition) is 3. The molecule has 118 valence electrons. The van der Waals surface area contributed by atoms with Gasteiger partial charge in [0.2, 0.25) is 5.91 Å². The summed E-state index contributed by atoms with van der Waals surface area (Å²) in [6.07, 6.45) is 2.06. The van der Waals surface area contributed by atoms with Gasteiger partial charge < -0.3 is 25.6 Å². The second-order valence-corrected chi connectivity index (χ2v) is 4.74. The quantitative estimate of drug-likeness (QED) is 0.642. The molecule has 1 atom stereocenters. The highest BCUT2D eigenvalue weighted by Crippen LogP contribution is 2.30. The molecule has 0 heterocycles. The van der Waals surface area contributed by atoms with E-state index in [0.29, 0.717) is 17.2 Å². The Labute approximate surface area is 125 Å². The molecule has 0 saturated carbocycles. The number of carbonyl (C=O) groups excluding carboxylic acids is 1. The summed E-state index contributed by atoms with van der Waals surface area (Å²) in [5.74, 6) is 0.889. The topological polar surface area (TPSA) is 93.8 Å². The summed E-state index contributed by atoms with van der Waals surface area (Å²) in [5.41, 5.74) is 6.46. The Kier molecular flexibility index (Phi) is 7.56. The van der Waals surface area contributed by atoms with Gasteiger partial charge in [-0.15, -0.1) is 0 Å². The molecule has 0 aromatic heterocycles. The van der Waals surface area contributed by atoms with Crippen LogP contribution in [0.15, 0.2) is 18.2 Å². The summed E-state index contributed by atoms with van der Waals surface area (Å²) in [7, 11) is 1.53. The van der Waals surface area contributed by atoms with Crippen LogP contribution in [-0.2, 0) is 4.79 Å². The van der Waals surface area contributed by atoms with Crippen molar-refractivity contribution in [2.75, 3.05) is 25.6 Å². The zero-order valence-electron chi connectivity index (χ0n) is 12.6. The lowest BCUT2D eigenvalue weighted by molar-refractivity contribution is -0.116. The van der Waals surface area contributed by atoms with Crippen LogP contribution in [0.4, 0.5) is 5.69 Å². The third kappa shape index (κ3) is 6.01. The smallest absolute Gasteiger partial charge is 0.225 e. The molecule has 1 aromatic rings. The minimum absolute atomic E-state index is 0.0917. The van der Waals surface area contributed by atoms with Crippen molar-refractivity contribution in [3.8, 4) is 11.5 Å². The van der Waals surface area contributed by atoms with E-state index in [1.54, 1.807) is 18.2 Å². The molecule has 0 fully saturated rings. The fourth-order valence-electron chi connectivity index (χ4n) is 1.95. The van der Waals surface area contributed by atoms with Gasteiger partial charge in [-0.2, -0.15) is 0 Å². The maximum atomic E-state index is 11.9. The average Bonchev–Trinajstić information content (AvgIpc) is 2.45. The molecule has 0 saturated heterocycles. The Morgan fingerprint density at radius 2 is 2.19 bits per heavy atom. The summed E-state index contributed by atoms with van der Waals surface area (Å²) >= 11 is 0. The number of rotatable bonds is 9. The normalized spacial score (nSPS) is 11.8. The van der Waals surface area contributed by atoms with E-state index >= 15 is 0 Å². The predicted molar refractivity (Wildman–Crippen MR) is 81.7 cm³/mol. The van der Waals surface area contributed by atoms with Crippen LogP contribution < -0.4 is 20.5 Å². The molecule has 6 heteroatoms. The first-order valence-electron chi connectivity index (χ1n) is 7.07.